The van der Waals surface area contributed by atoms with Crippen molar-refractivity contribution in [2.45, 2.75) is 13.5 Å². The summed E-state index contributed by atoms with van der Waals surface area (Å²) in [5.74, 6) is 1.66. The van der Waals surface area contributed by atoms with Gasteiger partial charge in [-0.25, -0.2) is 0 Å². The largest absolute Gasteiger partial charge is 0.494 e. The summed E-state index contributed by atoms with van der Waals surface area (Å²) in [5, 5.41) is 6.41. The quantitative estimate of drug-likeness (QED) is 0.444. The SMILES string of the molecule is CCOc1ccccc1CNC(=NC)NCCOC. The van der Waals surface area contributed by atoms with E-state index < -0.39 is 0 Å². The molecule has 5 nitrogen and oxygen atoms in total. The molecule has 0 aromatic heterocycles. The first-order valence-corrected chi connectivity index (χ1v) is 6.46. The van der Waals surface area contributed by atoms with Gasteiger partial charge in [-0.3, -0.25) is 4.99 Å². The fraction of sp³-hybridized carbons (Fsp3) is 0.500. The van der Waals surface area contributed by atoms with E-state index in [1.807, 2.05) is 31.2 Å². The topological polar surface area (TPSA) is 54.9 Å². The molecule has 0 saturated heterocycles. The lowest BCUT2D eigenvalue weighted by molar-refractivity contribution is 0.203. The number of benzene rings is 1. The Kier molecular flexibility index (Phi) is 7.43. The molecular formula is C14H23N3O2. The lowest BCUT2D eigenvalue weighted by Gasteiger charge is -2.14. The minimum Gasteiger partial charge on any atom is -0.494 e. The molecule has 0 saturated carbocycles. The van der Waals surface area contributed by atoms with E-state index in [1.165, 1.54) is 0 Å². The number of hydrogen-bond donors (Lipinski definition) is 2. The van der Waals surface area contributed by atoms with Crippen LogP contribution in [-0.2, 0) is 11.3 Å². The molecule has 1 aromatic carbocycles. The fourth-order valence-corrected chi connectivity index (χ4v) is 1.62. The van der Waals surface area contributed by atoms with Crippen LogP contribution < -0.4 is 15.4 Å². The molecule has 19 heavy (non-hydrogen) atoms. The first kappa shape index (κ1) is 15.3. The second-order valence-corrected chi connectivity index (χ2v) is 3.89. The molecule has 0 bridgehead atoms. The average Bonchev–Trinajstić information content (AvgIpc) is 2.44. The van der Waals surface area contributed by atoms with Crippen LogP contribution in [0.3, 0.4) is 0 Å². The maximum atomic E-state index is 5.58. The van der Waals surface area contributed by atoms with Gasteiger partial charge in [0.1, 0.15) is 5.75 Å². The van der Waals surface area contributed by atoms with Crippen LogP contribution in [0.1, 0.15) is 12.5 Å². The van der Waals surface area contributed by atoms with Crippen molar-refractivity contribution in [3.05, 3.63) is 29.8 Å². The van der Waals surface area contributed by atoms with E-state index in [2.05, 4.69) is 15.6 Å². The number of methoxy groups -OCH3 is 1. The maximum absolute atomic E-state index is 5.58. The van der Waals surface area contributed by atoms with Gasteiger partial charge in [0.2, 0.25) is 0 Å². The summed E-state index contributed by atoms with van der Waals surface area (Å²) in [6, 6.07) is 7.99. The summed E-state index contributed by atoms with van der Waals surface area (Å²) < 4.78 is 10.6. The third kappa shape index (κ3) is 5.61. The lowest BCUT2D eigenvalue weighted by Crippen LogP contribution is -2.38. The van der Waals surface area contributed by atoms with Gasteiger partial charge in [-0.15, -0.1) is 0 Å². The number of para-hydroxylation sites is 1. The number of hydrogen-bond acceptors (Lipinski definition) is 3. The molecule has 0 aliphatic carbocycles. The van der Waals surface area contributed by atoms with Crippen molar-refractivity contribution < 1.29 is 9.47 Å². The number of nitrogens with one attached hydrogen (secondary N) is 2. The number of aliphatic imine (C=N–C) groups is 1. The summed E-state index contributed by atoms with van der Waals surface area (Å²) in [6.07, 6.45) is 0. The zero-order chi connectivity index (χ0) is 13.9. The number of guanidine groups is 1. The van der Waals surface area contributed by atoms with Gasteiger partial charge in [-0.1, -0.05) is 18.2 Å². The molecule has 0 unspecified atom stereocenters. The van der Waals surface area contributed by atoms with Crippen molar-refractivity contribution in [1.29, 1.82) is 0 Å². The predicted molar refractivity (Wildman–Crippen MR) is 77.7 cm³/mol. The second-order valence-electron chi connectivity index (χ2n) is 3.89. The molecular weight excluding hydrogens is 242 g/mol. The van der Waals surface area contributed by atoms with Gasteiger partial charge >= 0.3 is 0 Å². The zero-order valence-electron chi connectivity index (χ0n) is 11.9. The Balaban J connectivity index is 2.50. The van der Waals surface area contributed by atoms with E-state index in [9.17, 15) is 0 Å². The van der Waals surface area contributed by atoms with E-state index in [0.717, 1.165) is 23.8 Å². The summed E-state index contributed by atoms with van der Waals surface area (Å²) in [5.41, 5.74) is 1.11. The minimum atomic E-state index is 0.649. The van der Waals surface area contributed by atoms with E-state index in [1.54, 1.807) is 14.2 Å². The van der Waals surface area contributed by atoms with Gasteiger partial charge in [0.15, 0.2) is 5.96 Å². The van der Waals surface area contributed by atoms with Gasteiger partial charge in [0.25, 0.3) is 0 Å². The molecule has 0 fully saturated rings. The van der Waals surface area contributed by atoms with Crippen LogP contribution >= 0.6 is 0 Å². The van der Waals surface area contributed by atoms with Crippen LogP contribution in [-0.4, -0.2) is 39.9 Å². The van der Waals surface area contributed by atoms with Crippen LogP contribution in [0.2, 0.25) is 0 Å². The Hall–Kier alpha value is -1.75. The minimum absolute atomic E-state index is 0.649. The molecule has 1 rings (SSSR count). The van der Waals surface area contributed by atoms with Crippen molar-refractivity contribution >= 4 is 5.96 Å². The Morgan fingerprint density at radius 2 is 2.05 bits per heavy atom. The van der Waals surface area contributed by atoms with Crippen LogP contribution in [0, 0.1) is 0 Å². The van der Waals surface area contributed by atoms with E-state index in [4.69, 9.17) is 9.47 Å². The molecule has 1 aromatic rings. The van der Waals surface area contributed by atoms with Crippen molar-refractivity contribution in [2.75, 3.05) is 33.9 Å². The summed E-state index contributed by atoms with van der Waals surface area (Å²) >= 11 is 0. The molecule has 106 valence electrons. The fourth-order valence-electron chi connectivity index (χ4n) is 1.62. The second kappa shape index (κ2) is 9.22. The first-order valence-electron chi connectivity index (χ1n) is 6.46. The molecule has 0 amide bonds. The highest BCUT2D eigenvalue weighted by Gasteiger charge is 2.03. The van der Waals surface area contributed by atoms with Gasteiger partial charge in [0, 0.05) is 32.8 Å². The standard InChI is InChI=1S/C14H23N3O2/c1-4-19-13-8-6-5-7-12(13)11-17-14(15-2)16-9-10-18-3/h5-8H,4,9-11H2,1-3H3,(H2,15,16,17). The molecule has 0 radical (unpaired) electrons. The van der Waals surface area contributed by atoms with Gasteiger partial charge in [-0.05, 0) is 13.0 Å². The van der Waals surface area contributed by atoms with Crippen molar-refractivity contribution in [3.63, 3.8) is 0 Å². The van der Waals surface area contributed by atoms with Gasteiger partial charge in [0.05, 0.1) is 13.2 Å². The molecule has 0 heterocycles. The summed E-state index contributed by atoms with van der Waals surface area (Å²) in [7, 11) is 3.42. The predicted octanol–water partition coefficient (Wildman–Crippen LogP) is 1.40. The van der Waals surface area contributed by atoms with Crippen molar-refractivity contribution in [1.82, 2.24) is 10.6 Å². The summed E-state index contributed by atoms with van der Waals surface area (Å²) in [4.78, 5) is 4.15. The third-order valence-corrected chi connectivity index (χ3v) is 2.54. The van der Waals surface area contributed by atoms with E-state index in [-0.39, 0.29) is 0 Å². The molecule has 2 N–H and O–H groups in total. The van der Waals surface area contributed by atoms with E-state index >= 15 is 0 Å². The third-order valence-electron chi connectivity index (χ3n) is 2.54. The maximum Gasteiger partial charge on any atom is 0.191 e. The lowest BCUT2D eigenvalue weighted by atomic mass is 10.2. The number of ether oxygens (including phenoxy) is 2. The van der Waals surface area contributed by atoms with Gasteiger partial charge < -0.3 is 20.1 Å². The first-order chi connectivity index (χ1) is 9.31. The molecule has 0 atom stereocenters. The monoisotopic (exact) mass is 265 g/mol. The zero-order valence-corrected chi connectivity index (χ0v) is 11.9. The Morgan fingerprint density at radius 1 is 1.26 bits per heavy atom. The Morgan fingerprint density at radius 3 is 2.74 bits per heavy atom. The molecule has 5 heteroatoms. The number of rotatable bonds is 7. The highest BCUT2D eigenvalue weighted by atomic mass is 16.5. The van der Waals surface area contributed by atoms with Crippen molar-refractivity contribution in [3.8, 4) is 5.75 Å². The molecule has 0 aliphatic rings. The van der Waals surface area contributed by atoms with Crippen molar-refractivity contribution in [2.24, 2.45) is 4.99 Å². The van der Waals surface area contributed by atoms with Crippen LogP contribution in [0.5, 0.6) is 5.75 Å². The average molecular weight is 265 g/mol. The highest BCUT2D eigenvalue weighted by molar-refractivity contribution is 5.79. The van der Waals surface area contributed by atoms with Crippen LogP contribution in [0.15, 0.2) is 29.3 Å². The van der Waals surface area contributed by atoms with Crippen LogP contribution in [0.25, 0.3) is 0 Å². The van der Waals surface area contributed by atoms with Gasteiger partial charge in [-0.2, -0.15) is 0 Å². The normalized spacial score (nSPS) is 11.2. The summed E-state index contributed by atoms with van der Waals surface area (Å²) in [6.45, 7) is 4.69. The molecule has 0 spiro atoms. The smallest absolute Gasteiger partial charge is 0.191 e. The van der Waals surface area contributed by atoms with E-state index in [0.29, 0.717) is 19.8 Å². The van der Waals surface area contributed by atoms with Crippen LogP contribution in [0.4, 0.5) is 0 Å². The molecule has 0 aliphatic heterocycles. The Labute approximate surface area is 115 Å². The highest BCUT2D eigenvalue weighted by Crippen LogP contribution is 2.17. The Bertz CT molecular complexity index is 394. The number of nitrogens with zero attached hydrogens (tertiary/aromatic N) is 1.